The third-order valence-corrected chi connectivity index (χ3v) is 3.73. The molecular weight excluding hydrogens is 206 g/mol. The monoisotopic (exact) mass is 221 g/mol. The quantitative estimate of drug-likeness (QED) is 0.782. The normalized spacial score (nSPS) is 22.5. The molecule has 2 rings (SSSR count). The van der Waals surface area contributed by atoms with Crippen molar-refractivity contribution in [3.63, 3.8) is 0 Å². The van der Waals surface area contributed by atoms with Gasteiger partial charge in [-0.05, 0) is 6.92 Å². The zero-order valence-electron chi connectivity index (χ0n) is 9.01. The minimum atomic E-state index is 0.207. The van der Waals surface area contributed by atoms with Gasteiger partial charge in [0.05, 0.1) is 17.2 Å². The number of hydrogen-bond donors (Lipinski definition) is 0. The van der Waals surface area contributed by atoms with Crippen molar-refractivity contribution in [3.8, 4) is 0 Å². The lowest BCUT2D eigenvalue weighted by Crippen LogP contribution is -2.23. The third kappa shape index (κ3) is 2.41. The van der Waals surface area contributed by atoms with Crippen LogP contribution in [0.25, 0.3) is 0 Å². The van der Waals surface area contributed by atoms with Crippen LogP contribution in [-0.4, -0.2) is 30.1 Å². The summed E-state index contributed by atoms with van der Waals surface area (Å²) in [6.07, 6.45) is 0.207. The Hall–Kier alpha value is -0.800. The fraction of sp³-hybridized carbons (Fsp3) is 0.417. The maximum absolute atomic E-state index is 5.30. The molecule has 2 atom stereocenters. The molecule has 2 nitrogen and oxygen atoms in total. The molecule has 0 N–H and O–H groups in total. The molecule has 15 heavy (non-hydrogen) atoms. The van der Waals surface area contributed by atoms with E-state index in [1.54, 1.807) is 7.11 Å². The Morgan fingerprint density at radius 3 is 2.80 bits per heavy atom. The number of rotatable bonds is 3. The molecule has 0 aromatic heterocycles. The van der Waals surface area contributed by atoms with Gasteiger partial charge in [0.1, 0.15) is 0 Å². The smallest absolute Gasteiger partial charge is 0.0982 e. The zero-order chi connectivity index (χ0) is 10.7. The van der Waals surface area contributed by atoms with Crippen LogP contribution in [0.3, 0.4) is 0 Å². The van der Waals surface area contributed by atoms with E-state index in [4.69, 9.17) is 4.74 Å². The molecule has 0 saturated carbocycles. The van der Waals surface area contributed by atoms with Crippen LogP contribution >= 0.6 is 11.8 Å². The fourth-order valence-electron chi connectivity index (χ4n) is 1.53. The third-order valence-electron chi connectivity index (χ3n) is 2.61. The van der Waals surface area contributed by atoms with E-state index in [1.807, 2.05) is 30.0 Å². The first-order valence-electron chi connectivity index (χ1n) is 5.10. The van der Waals surface area contributed by atoms with E-state index in [1.165, 1.54) is 5.56 Å². The summed E-state index contributed by atoms with van der Waals surface area (Å²) in [6, 6.07) is 10.6. The molecule has 1 heterocycles. The number of aliphatic imine (C=N–C) groups is 1. The molecular formula is C12H15NOS. The van der Waals surface area contributed by atoms with Crippen molar-refractivity contribution in [1.29, 1.82) is 0 Å². The van der Waals surface area contributed by atoms with Crippen LogP contribution in [0, 0.1) is 0 Å². The van der Waals surface area contributed by atoms with Crippen molar-refractivity contribution in [2.24, 2.45) is 4.99 Å². The van der Waals surface area contributed by atoms with Gasteiger partial charge in [-0.3, -0.25) is 4.99 Å². The first-order valence-corrected chi connectivity index (χ1v) is 6.08. The van der Waals surface area contributed by atoms with Gasteiger partial charge in [-0.25, -0.2) is 0 Å². The first-order chi connectivity index (χ1) is 7.31. The number of benzene rings is 1. The summed E-state index contributed by atoms with van der Waals surface area (Å²) in [4.78, 5) is 4.68. The summed E-state index contributed by atoms with van der Waals surface area (Å²) in [6.45, 7) is 2.07. The predicted octanol–water partition coefficient (Wildman–Crippen LogP) is 2.58. The Morgan fingerprint density at radius 2 is 2.13 bits per heavy atom. The molecule has 80 valence electrons. The van der Waals surface area contributed by atoms with Crippen LogP contribution in [0.4, 0.5) is 0 Å². The van der Waals surface area contributed by atoms with Gasteiger partial charge in [0.15, 0.2) is 0 Å². The van der Waals surface area contributed by atoms with E-state index in [-0.39, 0.29) is 6.10 Å². The van der Waals surface area contributed by atoms with E-state index in [0.717, 1.165) is 10.8 Å². The molecule has 1 aliphatic heterocycles. The topological polar surface area (TPSA) is 21.6 Å². The van der Waals surface area contributed by atoms with Crippen LogP contribution in [0.15, 0.2) is 35.3 Å². The van der Waals surface area contributed by atoms with Gasteiger partial charge in [-0.2, -0.15) is 0 Å². The molecule has 0 fully saturated rings. The summed E-state index contributed by atoms with van der Waals surface area (Å²) < 4.78 is 5.30. The maximum atomic E-state index is 5.30. The second-order valence-electron chi connectivity index (χ2n) is 3.62. The lowest BCUT2D eigenvalue weighted by molar-refractivity contribution is 0.103. The summed E-state index contributed by atoms with van der Waals surface area (Å²) in [5.74, 6) is 1.03. The molecule has 0 bridgehead atoms. The van der Waals surface area contributed by atoms with Crippen molar-refractivity contribution in [2.75, 3.05) is 12.9 Å². The summed E-state index contributed by atoms with van der Waals surface area (Å²) in [5, 5.41) is 1.14. The van der Waals surface area contributed by atoms with Crippen molar-refractivity contribution in [1.82, 2.24) is 0 Å². The Morgan fingerprint density at radius 1 is 1.40 bits per heavy atom. The summed E-state index contributed by atoms with van der Waals surface area (Å²) in [5.41, 5.74) is 1.22. The first kappa shape index (κ1) is 10.7. The minimum Gasteiger partial charge on any atom is -0.379 e. The van der Waals surface area contributed by atoms with Gasteiger partial charge in [0.2, 0.25) is 0 Å². The molecule has 1 aromatic carbocycles. The second-order valence-corrected chi connectivity index (χ2v) is 4.63. The zero-order valence-corrected chi connectivity index (χ0v) is 9.83. The van der Waals surface area contributed by atoms with Gasteiger partial charge < -0.3 is 4.74 Å². The minimum absolute atomic E-state index is 0.207. The van der Waals surface area contributed by atoms with Crippen LogP contribution in [-0.2, 0) is 4.74 Å². The van der Waals surface area contributed by atoms with Crippen LogP contribution in [0.2, 0.25) is 0 Å². The lowest BCUT2D eigenvalue weighted by Gasteiger charge is -2.12. The van der Waals surface area contributed by atoms with Crippen LogP contribution < -0.4 is 0 Å². The molecule has 0 saturated heterocycles. The number of nitrogens with zero attached hydrogens (tertiary/aromatic N) is 1. The van der Waals surface area contributed by atoms with Gasteiger partial charge in [0.25, 0.3) is 0 Å². The second kappa shape index (κ2) is 4.81. The van der Waals surface area contributed by atoms with E-state index < -0.39 is 0 Å². The van der Waals surface area contributed by atoms with Gasteiger partial charge in [-0.1, -0.05) is 30.3 Å². The number of hydrogen-bond acceptors (Lipinski definition) is 3. The Bertz CT molecular complexity index is 350. The fourth-order valence-corrected chi connectivity index (χ4v) is 2.71. The molecule has 2 unspecified atom stereocenters. The van der Waals surface area contributed by atoms with Gasteiger partial charge in [-0.15, -0.1) is 11.8 Å². The Kier molecular flexibility index (Phi) is 3.44. The number of ether oxygens (including phenoxy) is 1. The molecule has 0 radical (unpaired) electrons. The highest BCUT2D eigenvalue weighted by molar-refractivity contribution is 8.14. The summed E-state index contributed by atoms with van der Waals surface area (Å²) >= 11 is 1.82. The molecule has 1 aliphatic rings. The SMILES string of the molecule is COC(C)C1CSC(c2ccccc2)=N1. The Balaban J connectivity index is 2.13. The Labute approximate surface area is 94.7 Å². The summed E-state index contributed by atoms with van der Waals surface area (Å²) in [7, 11) is 1.74. The van der Waals surface area contributed by atoms with Crippen molar-refractivity contribution < 1.29 is 4.74 Å². The van der Waals surface area contributed by atoms with Gasteiger partial charge in [0, 0.05) is 18.4 Å². The predicted molar refractivity (Wildman–Crippen MR) is 65.7 cm³/mol. The average Bonchev–Trinajstić information content (AvgIpc) is 2.78. The maximum Gasteiger partial charge on any atom is 0.0982 e. The van der Waals surface area contributed by atoms with E-state index in [0.29, 0.717) is 6.04 Å². The van der Waals surface area contributed by atoms with Crippen molar-refractivity contribution >= 4 is 16.8 Å². The molecule has 1 aromatic rings. The number of thioether (sulfide) groups is 1. The van der Waals surface area contributed by atoms with E-state index >= 15 is 0 Å². The highest BCUT2D eigenvalue weighted by atomic mass is 32.2. The highest BCUT2D eigenvalue weighted by Crippen LogP contribution is 2.25. The van der Waals surface area contributed by atoms with Crippen LogP contribution in [0.5, 0.6) is 0 Å². The standard InChI is InChI=1S/C12H15NOS/c1-9(14-2)11-8-15-12(13-11)10-6-4-3-5-7-10/h3-7,9,11H,8H2,1-2H3. The van der Waals surface area contributed by atoms with Crippen molar-refractivity contribution in [2.45, 2.75) is 19.1 Å². The molecule has 0 amide bonds. The lowest BCUT2D eigenvalue weighted by atomic mass is 10.2. The molecule has 0 spiro atoms. The highest BCUT2D eigenvalue weighted by Gasteiger charge is 2.23. The van der Waals surface area contributed by atoms with Crippen molar-refractivity contribution in [3.05, 3.63) is 35.9 Å². The van der Waals surface area contributed by atoms with E-state index in [9.17, 15) is 0 Å². The molecule has 3 heteroatoms. The van der Waals surface area contributed by atoms with E-state index in [2.05, 4.69) is 24.0 Å². The average molecular weight is 221 g/mol. The molecule has 0 aliphatic carbocycles. The van der Waals surface area contributed by atoms with Crippen LogP contribution in [0.1, 0.15) is 12.5 Å². The number of methoxy groups -OCH3 is 1. The largest absolute Gasteiger partial charge is 0.379 e. The van der Waals surface area contributed by atoms with Gasteiger partial charge >= 0.3 is 0 Å².